The lowest BCUT2D eigenvalue weighted by Gasteiger charge is -2.11. The van der Waals surface area contributed by atoms with E-state index < -0.39 is 5.97 Å². The maximum atomic E-state index is 12.6. The third-order valence-corrected chi connectivity index (χ3v) is 4.62. The standard InChI is InChI=1S/C20H16Cl2O5/c1-3-25-18(23)10-26-16-8-7-12-19(24)17(27-20(12)11(16)2)9-13-14(21)5-4-6-15(13)22/h4-9H,3,10H2,1-2H3/b17-9-. The molecule has 140 valence electrons. The van der Waals surface area contributed by atoms with Crippen molar-refractivity contribution in [2.24, 2.45) is 0 Å². The molecule has 0 saturated heterocycles. The molecule has 0 aliphatic carbocycles. The summed E-state index contributed by atoms with van der Waals surface area (Å²) in [6.45, 7) is 3.52. The van der Waals surface area contributed by atoms with Gasteiger partial charge in [-0.15, -0.1) is 0 Å². The van der Waals surface area contributed by atoms with E-state index in [0.717, 1.165) is 0 Å². The fourth-order valence-electron chi connectivity index (χ4n) is 2.64. The summed E-state index contributed by atoms with van der Waals surface area (Å²) in [7, 11) is 0. The minimum Gasteiger partial charge on any atom is -0.481 e. The molecule has 0 unspecified atom stereocenters. The van der Waals surface area contributed by atoms with Crippen LogP contribution in [0.2, 0.25) is 10.0 Å². The van der Waals surface area contributed by atoms with E-state index in [4.69, 9.17) is 37.4 Å². The number of allylic oxidation sites excluding steroid dienone is 1. The summed E-state index contributed by atoms with van der Waals surface area (Å²) in [4.78, 5) is 24.1. The quantitative estimate of drug-likeness (QED) is 0.523. The molecule has 5 nitrogen and oxygen atoms in total. The summed E-state index contributed by atoms with van der Waals surface area (Å²) < 4.78 is 16.1. The topological polar surface area (TPSA) is 61.8 Å². The molecule has 2 aromatic carbocycles. The van der Waals surface area contributed by atoms with Crippen molar-refractivity contribution in [2.45, 2.75) is 13.8 Å². The molecular weight excluding hydrogens is 391 g/mol. The molecule has 0 radical (unpaired) electrons. The largest absolute Gasteiger partial charge is 0.481 e. The van der Waals surface area contributed by atoms with Crippen LogP contribution in [0.5, 0.6) is 11.5 Å². The Kier molecular flexibility index (Phi) is 5.73. The Balaban J connectivity index is 1.88. The van der Waals surface area contributed by atoms with E-state index in [1.54, 1.807) is 44.2 Å². The number of ether oxygens (including phenoxy) is 3. The van der Waals surface area contributed by atoms with Crippen molar-refractivity contribution in [1.82, 2.24) is 0 Å². The lowest BCUT2D eigenvalue weighted by molar-refractivity contribution is -0.145. The van der Waals surface area contributed by atoms with Gasteiger partial charge >= 0.3 is 5.97 Å². The first-order valence-electron chi connectivity index (χ1n) is 8.22. The molecular formula is C20H16Cl2O5. The molecule has 7 heteroatoms. The molecule has 1 heterocycles. The number of hydrogen-bond donors (Lipinski definition) is 0. The van der Waals surface area contributed by atoms with Crippen LogP contribution in [0.25, 0.3) is 6.08 Å². The zero-order chi connectivity index (χ0) is 19.6. The van der Waals surface area contributed by atoms with Crippen LogP contribution in [0.3, 0.4) is 0 Å². The maximum absolute atomic E-state index is 12.6. The van der Waals surface area contributed by atoms with E-state index in [9.17, 15) is 9.59 Å². The van der Waals surface area contributed by atoms with E-state index in [2.05, 4.69) is 0 Å². The first-order chi connectivity index (χ1) is 12.9. The fourth-order valence-corrected chi connectivity index (χ4v) is 3.15. The second-order valence-electron chi connectivity index (χ2n) is 5.73. The van der Waals surface area contributed by atoms with Crippen molar-refractivity contribution >= 4 is 41.0 Å². The van der Waals surface area contributed by atoms with Gasteiger partial charge in [-0.1, -0.05) is 29.3 Å². The number of hydrogen-bond acceptors (Lipinski definition) is 5. The van der Waals surface area contributed by atoms with Crippen LogP contribution in [-0.4, -0.2) is 25.0 Å². The Morgan fingerprint density at radius 1 is 1.19 bits per heavy atom. The highest BCUT2D eigenvalue weighted by molar-refractivity contribution is 6.37. The molecule has 0 atom stereocenters. The molecule has 27 heavy (non-hydrogen) atoms. The number of fused-ring (bicyclic) bond motifs is 1. The van der Waals surface area contributed by atoms with Crippen LogP contribution < -0.4 is 9.47 Å². The number of halogens is 2. The van der Waals surface area contributed by atoms with Crippen LogP contribution in [0, 0.1) is 6.92 Å². The first-order valence-corrected chi connectivity index (χ1v) is 8.98. The van der Waals surface area contributed by atoms with Crippen LogP contribution in [0.1, 0.15) is 28.4 Å². The van der Waals surface area contributed by atoms with Gasteiger partial charge in [-0.05, 0) is 44.2 Å². The van der Waals surface area contributed by atoms with E-state index >= 15 is 0 Å². The van der Waals surface area contributed by atoms with Crippen LogP contribution in [0.15, 0.2) is 36.1 Å². The normalized spacial score (nSPS) is 14.1. The van der Waals surface area contributed by atoms with E-state index in [1.807, 2.05) is 0 Å². The Morgan fingerprint density at radius 3 is 2.56 bits per heavy atom. The highest BCUT2D eigenvalue weighted by Crippen LogP contribution is 2.40. The highest BCUT2D eigenvalue weighted by Gasteiger charge is 2.30. The van der Waals surface area contributed by atoms with Gasteiger partial charge in [-0.3, -0.25) is 4.79 Å². The van der Waals surface area contributed by atoms with Crippen molar-refractivity contribution in [3.8, 4) is 11.5 Å². The molecule has 0 fully saturated rings. The van der Waals surface area contributed by atoms with Crippen molar-refractivity contribution in [1.29, 1.82) is 0 Å². The Morgan fingerprint density at radius 2 is 1.89 bits per heavy atom. The molecule has 0 amide bonds. The first kappa shape index (κ1) is 19.3. The third-order valence-electron chi connectivity index (χ3n) is 3.96. The monoisotopic (exact) mass is 406 g/mol. The third kappa shape index (κ3) is 3.94. The minimum atomic E-state index is -0.469. The van der Waals surface area contributed by atoms with E-state index in [1.165, 1.54) is 6.08 Å². The second-order valence-corrected chi connectivity index (χ2v) is 6.55. The molecule has 0 N–H and O–H groups in total. The van der Waals surface area contributed by atoms with Gasteiger partial charge in [0.15, 0.2) is 12.4 Å². The minimum absolute atomic E-state index is 0.116. The molecule has 0 aromatic heterocycles. The summed E-state index contributed by atoms with van der Waals surface area (Å²) in [6, 6.07) is 8.30. The van der Waals surface area contributed by atoms with Crippen LogP contribution >= 0.6 is 23.2 Å². The predicted octanol–water partition coefficient (Wildman–Crippen LogP) is 4.86. The molecule has 0 spiro atoms. The smallest absolute Gasteiger partial charge is 0.344 e. The summed E-state index contributed by atoms with van der Waals surface area (Å²) in [5.74, 6) is 0.192. The summed E-state index contributed by atoms with van der Waals surface area (Å²) in [6.07, 6.45) is 1.52. The molecule has 3 rings (SSSR count). The van der Waals surface area contributed by atoms with Crippen molar-refractivity contribution in [2.75, 3.05) is 13.2 Å². The Labute approximate surface area is 166 Å². The zero-order valence-corrected chi connectivity index (χ0v) is 16.2. The number of Topliss-reactive ketones (excluding diaryl/α,β-unsaturated/α-hetero) is 1. The number of carbonyl (C=O) groups excluding carboxylic acids is 2. The van der Waals surface area contributed by atoms with Gasteiger partial charge in [0.25, 0.3) is 0 Å². The number of benzene rings is 2. The second kappa shape index (κ2) is 8.03. The predicted molar refractivity (Wildman–Crippen MR) is 103 cm³/mol. The SMILES string of the molecule is CCOC(=O)COc1ccc2c(c1C)O/C(=C\c1c(Cl)cccc1Cl)C2=O. The van der Waals surface area contributed by atoms with Gasteiger partial charge in [-0.2, -0.15) is 0 Å². The van der Waals surface area contributed by atoms with Crippen molar-refractivity contribution < 1.29 is 23.8 Å². The van der Waals surface area contributed by atoms with Crippen molar-refractivity contribution in [3.63, 3.8) is 0 Å². The summed E-state index contributed by atoms with van der Waals surface area (Å²) in [5.41, 5.74) is 1.53. The number of ketones is 1. The molecule has 1 aliphatic rings. The highest BCUT2D eigenvalue weighted by atomic mass is 35.5. The Bertz CT molecular complexity index is 929. The summed E-state index contributed by atoms with van der Waals surface area (Å²) >= 11 is 12.3. The van der Waals surface area contributed by atoms with Gasteiger partial charge in [0.1, 0.15) is 11.5 Å². The lowest BCUT2D eigenvalue weighted by atomic mass is 10.1. The molecule has 1 aliphatic heterocycles. The van der Waals surface area contributed by atoms with Crippen LogP contribution in [0.4, 0.5) is 0 Å². The van der Waals surface area contributed by atoms with E-state index in [0.29, 0.717) is 38.2 Å². The maximum Gasteiger partial charge on any atom is 0.344 e. The zero-order valence-electron chi connectivity index (χ0n) is 14.7. The number of esters is 1. The van der Waals surface area contributed by atoms with Crippen LogP contribution in [-0.2, 0) is 9.53 Å². The van der Waals surface area contributed by atoms with Gasteiger partial charge in [0.2, 0.25) is 5.78 Å². The average Bonchev–Trinajstić information content (AvgIpc) is 2.95. The van der Waals surface area contributed by atoms with Gasteiger partial charge in [-0.25, -0.2) is 4.79 Å². The van der Waals surface area contributed by atoms with Crippen molar-refractivity contribution in [3.05, 3.63) is 62.8 Å². The fraction of sp³-hybridized carbons (Fsp3) is 0.200. The Hall–Kier alpha value is -2.50. The molecule has 0 saturated carbocycles. The molecule has 0 bridgehead atoms. The number of rotatable bonds is 5. The molecule has 2 aromatic rings. The lowest BCUT2D eigenvalue weighted by Crippen LogP contribution is -2.15. The average molecular weight is 407 g/mol. The van der Waals surface area contributed by atoms with E-state index in [-0.39, 0.29) is 24.8 Å². The van der Waals surface area contributed by atoms with Gasteiger partial charge < -0.3 is 14.2 Å². The summed E-state index contributed by atoms with van der Waals surface area (Å²) in [5, 5.41) is 0.829. The van der Waals surface area contributed by atoms with Gasteiger partial charge in [0.05, 0.1) is 12.2 Å². The van der Waals surface area contributed by atoms with Gasteiger partial charge in [0, 0.05) is 21.2 Å². The number of carbonyl (C=O) groups is 2.